The normalized spacial score (nSPS) is 9.60. The molecule has 20 heavy (non-hydrogen) atoms. The van der Waals surface area contributed by atoms with Gasteiger partial charge in [-0.1, -0.05) is 36.4 Å². The van der Waals surface area contributed by atoms with Crippen molar-refractivity contribution in [1.29, 1.82) is 0 Å². The Morgan fingerprint density at radius 2 is 0.950 bits per heavy atom. The number of hydrogen-bond donors (Lipinski definition) is 0. The average Bonchev–Trinajstić information content (AvgIpc) is 2.49. The Labute approximate surface area is 114 Å². The quantitative estimate of drug-likeness (QED) is 0.620. The van der Waals surface area contributed by atoms with E-state index < -0.39 is 18.1 Å². The predicted molar refractivity (Wildman–Crippen MR) is 69.1 cm³/mol. The van der Waals surface area contributed by atoms with Gasteiger partial charge in [0.25, 0.3) is 0 Å². The summed E-state index contributed by atoms with van der Waals surface area (Å²) < 4.78 is 8.82. The SMILES string of the molecule is O=C(OC(=O)c1ccccc1)OC(=O)c1ccccc1. The number of hydrogen-bond acceptors (Lipinski definition) is 5. The van der Waals surface area contributed by atoms with E-state index in [4.69, 9.17) is 0 Å². The Morgan fingerprint density at radius 3 is 1.30 bits per heavy atom. The van der Waals surface area contributed by atoms with Gasteiger partial charge in [-0.05, 0) is 24.3 Å². The van der Waals surface area contributed by atoms with Crippen LogP contribution in [0.1, 0.15) is 20.7 Å². The highest BCUT2D eigenvalue weighted by atomic mass is 16.8. The maximum Gasteiger partial charge on any atom is 0.524 e. The van der Waals surface area contributed by atoms with Crippen molar-refractivity contribution in [3.63, 3.8) is 0 Å². The highest BCUT2D eigenvalue weighted by Crippen LogP contribution is 2.05. The van der Waals surface area contributed by atoms with Gasteiger partial charge in [-0.15, -0.1) is 0 Å². The summed E-state index contributed by atoms with van der Waals surface area (Å²) in [6.45, 7) is 0. The van der Waals surface area contributed by atoms with Gasteiger partial charge in [-0.25, -0.2) is 14.4 Å². The lowest BCUT2D eigenvalue weighted by Crippen LogP contribution is -2.17. The second kappa shape index (κ2) is 6.29. The summed E-state index contributed by atoms with van der Waals surface area (Å²) in [5.41, 5.74) is 0.383. The van der Waals surface area contributed by atoms with Crippen molar-refractivity contribution in [3.05, 3.63) is 71.8 Å². The monoisotopic (exact) mass is 270 g/mol. The minimum Gasteiger partial charge on any atom is -0.356 e. The smallest absolute Gasteiger partial charge is 0.356 e. The Balaban J connectivity index is 1.93. The average molecular weight is 270 g/mol. The molecule has 0 unspecified atom stereocenters. The Bertz CT molecular complexity index is 564. The molecule has 0 fully saturated rings. The predicted octanol–water partition coefficient (Wildman–Crippen LogP) is 2.82. The zero-order chi connectivity index (χ0) is 14.4. The second-order valence-corrected chi connectivity index (χ2v) is 3.76. The van der Waals surface area contributed by atoms with Crippen LogP contribution in [0.3, 0.4) is 0 Å². The Hall–Kier alpha value is -2.95. The number of carbonyl (C=O) groups excluding carboxylic acids is 3. The van der Waals surface area contributed by atoms with E-state index in [9.17, 15) is 14.4 Å². The van der Waals surface area contributed by atoms with Crippen LogP contribution in [0.4, 0.5) is 4.79 Å². The molecule has 0 saturated carbocycles. The molecule has 0 saturated heterocycles. The van der Waals surface area contributed by atoms with E-state index in [2.05, 4.69) is 9.47 Å². The van der Waals surface area contributed by atoms with E-state index in [0.29, 0.717) is 0 Å². The van der Waals surface area contributed by atoms with Crippen molar-refractivity contribution in [2.24, 2.45) is 0 Å². The second-order valence-electron chi connectivity index (χ2n) is 3.76. The van der Waals surface area contributed by atoms with Crippen LogP contribution < -0.4 is 0 Å². The fourth-order valence-corrected chi connectivity index (χ4v) is 1.44. The molecule has 5 heteroatoms. The van der Waals surface area contributed by atoms with Crippen molar-refractivity contribution in [2.75, 3.05) is 0 Å². The van der Waals surface area contributed by atoms with E-state index >= 15 is 0 Å². The first-order valence-corrected chi connectivity index (χ1v) is 5.75. The maximum atomic E-state index is 11.5. The van der Waals surface area contributed by atoms with Crippen molar-refractivity contribution in [1.82, 2.24) is 0 Å². The fourth-order valence-electron chi connectivity index (χ4n) is 1.44. The highest BCUT2D eigenvalue weighted by Gasteiger charge is 2.18. The molecule has 0 amide bonds. The third kappa shape index (κ3) is 3.52. The molecule has 0 aliphatic rings. The van der Waals surface area contributed by atoms with E-state index in [0.717, 1.165) is 0 Å². The molecule has 0 aromatic heterocycles. The molecule has 0 aliphatic carbocycles. The highest BCUT2D eigenvalue weighted by molar-refractivity contribution is 6.00. The van der Waals surface area contributed by atoms with Crippen molar-refractivity contribution >= 4 is 18.1 Å². The third-order valence-corrected chi connectivity index (χ3v) is 2.37. The summed E-state index contributed by atoms with van der Waals surface area (Å²) in [7, 11) is 0. The van der Waals surface area contributed by atoms with Gasteiger partial charge in [0.2, 0.25) is 0 Å². The van der Waals surface area contributed by atoms with Crippen molar-refractivity contribution in [3.8, 4) is 0 Å². The van der Waals surface area contributed by atoms with Crippen LogP contribution in [-0.4, -0.2) is 18.1 Å². The fraction of sp³-hybridized carbons (Fsp3) is 0. The van der Waals surface area contributed by atoms with Gasteiger partial charge < -0.3 is 9.47 Å². The molecule has 2 aromatic carbocycles. The van der Waals surface area contributed by atoms with Gasteiger partial charge in [-0.3, -0.25) is 0 Å². The van der Waals surface area contributed by atoms with Crippen LogP contribution in [0.2, 0.25) is 0 Å². The van der Waals surface area contributed by atoms with Crippen LogP contribution in [0, 0.1) is 0 Å². The van der Waals surface area contributed by atoms with Crippen LogP contribution >= 0.6 is 0 Å². The molecule has 0 spiro atoms. The number of esters is 2. The number of rotatable bonds is 2. The number of carbonyl (C=O) groups is 3. The summed E-state index contributed by atoms with van der Waals surface area (Å²) >= 11 is 0. The largest absolute Gasteiger partial charge is 0.524 e. The van der Waals surface area contributed by atoms with E-state index in [1.165, 1.54) is 24.3 Å². The zero-order valence-corrected chi connectivity index (χ0v) is 10.3. The lowest BCUT2D eigenvalue weighted by Gasteiger charge is -2.03. The molecule has 0 bridgehead atoms. The topological polar surface area (TPSA) is 69.7 Å². The van der Waals surface area contributed by atoms with Gasteiger partial charge in [0, 0.05) is 0 Å². The lowest BCUT2D eigenvalue weighted by atomic mass is 10.2. The lowest BCUT2D eigenvalue weighted by molar-refractivity contribution is 0.0337. The number of benzene rings is 2. The van der Waals surface area contributed by atoms with Crippen LogP contribution in [0.25, 0.3) is 0 Å². The van der Waals surface area contributed by atoms with Crippen LogP contribution in [0.5, 0.6) is 0 Å². The summed E-state index contributed by atoms with van der Waals surface area (Å²) in [6, 6.07) is 15.8. The van der Waals surface area contributed by atoms with Gasteiger partial charge in [0.05, 0.1) is 11.1 Å². The number of ether oxygens (including phenoxy) is 2. The standard InChI is InChI=1S/C15H10O5/c16-13(11-7-3-1-4-8-11)19-15(18)20-14(17)12-9-5-2-6-10-12/h1-10H. The maximum absolute atomic E-state index is 11.5. The molecular formula is C15H10O5. The summed E-state index contributed by atoms with van der Waals surface area (Å²) in [4.78, 5) is 34.4. The molecule has 0 N–H and O–H groups in total. The van der Waals surface area contributed by atoms with E-state index in [1.807, 2.05) is 0 Å². The van der Waals surface area contributed by atoms with E-state index in [-0.39, 0.29) is 11.1 Å². The first-order chi connectivity index (χ1) is 9.66. The minimum atomic E-state index is -1.35. The van der Waals surface area contributed by atoms with Gasteiger partial charge >= 0.3 is 18.1 Å². The Kier molecular flexibility index (Phi) is 4.24. The summed E-state index contributed by atoms with van der Waals surface area (Å²) in [5, 5.41) is 0. The van der Waals surface area contributed by atoms with Crippen molar-refractivity contribution < 1.29 is 23.9 Å². The molecule has 2 aromatic rings. The Morgan fingerprint density at radius 1 is 0.600 bits per heavy atom. The summed E-state index contributed by atoms with van der Waals surface area (Å²) in [5.74, 6) is -1.76. The van der Waals surface area contributed by atoms with Gasteiger partial charge in [0.15, 0.2) is 0 Å². The summed E-state index contributed by atoms with van der Waals surface area (Å²) in [6.07, 6.45) is -1.35. The molecule has 0 atom stereocenters. The first-order valence-electron chi connectivity index (χ1n) is 5.75. The third-order valence-electron chi connectivity index (χ3n) is 2.37. The van der Waals surface area contributed by atoms with Crippen molar-refractivity contribution in [2.45, 2.75) is 0 Å². The minimum absolute atomic E-state index is 0.191. The molecule has 100 valence electrons. The first kappa shape index (κ1) is 13.5. The molecule has 2 rings (SSSR count). The molecule has 5 nitrogen and oxygen atoms in total. The van der Waals surface area contributed by atoms with E-state index in [1.54, 1.807) is 36.4 Å². The molecule has 0 radical (unpaired) electrons. The van der Waals surface area contributed by atoms with Gasteiger partial charge in [0.1, 0.15) is 0 Å². The van der Waals surface area contributed by atoms with Gasteiger partial charge in [-0.2, -0.15) is 0 Å². The van der Waals surface area contributed by atoms with Crippen LogP contribution in [0.15, 0.2) is 60.7 Å². The molecule has 0 heterocycles. The zero-order valence-electron chi connectivity index (χ0n) is 10.3. The van der Waals surface area contributed by atoms with Crippen LogP contribution in [-0.2, 0) is 9.47 Å². The molecular weight excluding hydrogens is 260 g/mol. The molecule has 0 aliphatic heterocycles.